The molecule has 4 heteroatoms. The number of anilines is 1. The highest BCUT2D eigenvalue weighted by Crippen LogP contribution is 2.34. The number of aliphatic hydroxyl groups is 1. The Morgan fingerprint density at radius 3 is 2.67 bits per heavy atom. The molecule has 1 atom stereocenters. The van der Waals surface area contributed by atoms with Crippen molar-refractivity contribution in [2.24, 2.45) is 5.73 Å². The number of hydrogen-bond donors (Lipinski definition) is 2. The van der Waals surface area contributed by atoms with E-state index in [4.69, 9.17) is 17.3 Å². The van der Waals surface area contributed by atoms with Crippen LogP contribution < -0.4 is 10.6 Å². The fraction of sp³-hybridized carbons (Fsp3) is 0.571. The van der Waals surface area contributed by atoms with Gasteiger partial charge in [0.15, 0.2) is 0 Å². The molecule has 18 heavy (non-hydrogen) atoms. The quantitative estimate of drug-likeness (QED) is 0.863. The number of aliphatic hydroxyl groups excluding tert-OH is 1. The van der Waals surface area contributed by atoms with Gasteiger partial charge in [0.2, 0.25) is 0 Å². The normalized spacial score (nSPS) is 17.3. The summed E-state index contributed by atoms with van der Waals surface area (Å²) in [5.41, 5.74) is 7.91. The summed E-state index contributed by atoms with van der Waals surface area (Å²) in [5.74, 6) is 0. The fourth-order valence-electron chi connectivity index (χ4n) is 2.35. The van der Waals surface area contributed by atoms with Crippen LogP contribution >= 0.6 is 11.6 Å². The van der Waals surface area contributed by atoms with Crippen molar-refractivity contribution >= 4 is 17.3 Å². The van der Waals surface area contributed by atoms with E-state index < -0.39 is 0 Å². The molecule has 1 saturated carbocycles. The van der Waals surface area contributed by atoms with Crippen LogP contribution in [0.5, 0.6) is 0 Å². The largest absolute Gasteiger partial charge is 0.395 e. The lowest BCUT2D eigenvalue weighted by atomic mass is 9.91. The van der Waals surface area contributed by atoms with Crippen molar-refractivity contribution in [1.82, 2.24) is 0 Å². The number of rotatable bonds is 5. The average molecular weight is 269 g/mol. The van der Waals surface area contributed by atoms with E-state index in [1.807, 2.05) is 25.1 Å². The number of hydrogen-bond acceptors (Lipinski definition) is 3. The zero-order valence-corrected chi connectivity index (χ0v) is 11.5. The molecule has 0 aromatic heterocycles. The second-order valence-electron chi connectivity index (χ2n) is 5.00. The Bertz CT molecular complexity index is 405. The first kappa shape index (κ1) is 13.7. The van der Waals surface area contributed by atoms with E-state index in [0.717, 1.165) is 16.3 Å². The molecule has 1 aliphatic rings. The molecule has 1 unspecified atom stereocenters. The summed E-state index contributed by atoms with van der Waals surface area (Å²) >= 11 is 6.35. The highest BCUT2D eigenvalue weighted by atomic mass is 35.5. The minimum absolute atomic E-state index is 0.00783. The van der Waals surface area contributed by atoms with Gasteiger partial charge in [-0.1, -0.05) is 17.7 Å². The predicted octanol–water partition coefficient (Wildman–Crippen LogP) is 2.71. The van der Waals surface area contributed by atoms with E-state index in [9.17, 15) is 5.11 Å². The molecular weight excluding hydrogens is 248 g/mol. The highest BCUT2D eigenvalue weighted by Gasteiger charge is 2.26. The SMILES string of the molecule is CC(N)c1ccc(N(CCO)C2CCC2)c(Cl)c1. The number of benzene rings is 1. The molecule has 0 amide bonds. The van der Waals surface area contributed by atoms with E-state index in [0.29, 0.717) is 12.6 Å². The Morgan fingerprint density at radius 2 is 2.22 bits per heavy atom. The number of halogens is 1. The lowest BCUT2D eigenvalue weighted by Gasteiger charge is -2.39. The molecule has 0 spiro atoms. The van der Waals surface area contributed by atoms with Crippen molar-refractivity contribution in [2.75, 3.05) is 18.1 Å². The van der Waals surface area contributed by atoms with E-state index in [1.54, 1.807) is 0 Å². The molecule has 1 fully saturated rings. The highest BCUT2D eigenvalue weighted by molar-refractivity contribution is 6.33. The molecular formula is C14H21ClN2O. The molecule has 0 aliphatic heterocycles. The zero-order chi connectivity index (χ0) is 13.1. The maximum absolute atomic E-state index is 9.20. The molecule has 2 rings (SSSR count). The Labute approximate surface area is 114 Å². The van der Waals surface area contributed by atoms with Crippen LogP contribution in [0.25, 0.3) is 0 Å². The molecule has 3 nitrogen and oxygen atoms in total. The van der Waals surface area contributed by atoms with Crippen molar-refractivity contribution in [3.05, 3.63) is 28.8 Å². The van der Waals surface area contributed by atoms with E-state index in [-0.39, 0.29) is 12.6 Å². The lowest BCUT2D eigenvalue weighted by Crippen LogP contribution is -2.42. The van der Waals surface area contributed by atoms with Gasteiger partial charge in [0.25, 0.3) is 0 Å². The van der Waals surface area contributed by atoms with Gasteiger partial charge in [0.05, 0.1) is 17.3 Å². The maximum Gasteiger partial charge on any atom is 0.0643 e. The minimum atomic E-state index is -0.00783. The standard InChI is InChI=1S/C14H21ClN2O/c1-10(16)11-5-6-14(13(15)9-11)17(7-8-18)12-3-2-4-12/h5-6,9-10,12,18H,2-4,7-8,16H2,1H3. The summed E-state index contributed by atoms with van der Waals surface area (Å²) in [6.07, 6.45) is 3.64. The van der Waals surface area contributed by atoms with Crippen LogP contribution in [0, 0.1) is 0 Å². The Morgan fingerprint density at radius 1 is 1.50 bits per heavy atom. The van der Waals surface area contributed by atoms with Gasteiger partial charge in [-0.05, 0) is 43.9 Å². The summed E-state index contributed by atoms with van der Waals surface area (Å²) in [7, 11) is 0. The van der Waals surface area contributed by atoms with Crippen molar-refractivity contribution in [1.29, 1.82) is 0 Å². The Hall–Kier alpha value is -0.770. The third-order valence-electron chi connectivity index (χ3n) is 3.66. The summed E-state index contributed by atoms with van der Waals surface area (Å²) in [4.78, 5) is 2.22. The van der Waals surface area contributed by atoms with Crippen LogP contribution in [-0.4, -0.2) is 24.3 Å². The summed E-state index contributed by atoms with van der Waals surface area (Å²) < 4.78 is 0. The Kier molecular flexibility index (Phi) is 4.49. The zero-order valence-electron chi connectivity index (χ0n) is 10.8. The lowest BCUT2D eigenvalue weighted by molar-refractivity contribution is 0.283. The molecule has 0 heterocycles. The molecule has 1 aromatic rings. The summed E-state index contributed by atoms with van der Waals surface area (Å²) in [6, 6.07) is 6.50. The first-order valence-corrected chi connectivity index (χ1v) is 6.94. The monoisotopic (exact) mass is 268 g/mol. The van der Waals surface area contributed by atoms with Crippen molar-refractivity contribution < 1.29 is 5.11 Å². The third kappa shape index (κ3) is 2.79. The van der Waals surface area contributed by atoms with Gasteiger partial charge >= 0.3 is 0 Å². The summed E-state index contributed by atoms with van der Waals surface area (Å²) in [6.45, 7) is 2.74. The molecule has 100 valence electrons. The molecule has 3 N–H and O–H groups in total. The van der Waals surface area contributed by atoms with E-state index in [1.165, 1.54) is 19.3 Å². The first-order chi connectivity index (χ1) is 8.63. The van der Waals surface area contributed by atoms with Crippen molar-refractivity contribution in [3.8, 4) is 0 Å². The molecule has 1 aliphatic carbocycles. The van der Waals surface area contributed by atoms with Gasteiger partial charge in [-0.3, -0.25) is 0 Å². The van der Waals surface area contributed by atoms with Crippen LogP contribution in [0.1, 0.15) is 37.8 Å². The second kappa shape index (κ2) is 5.91. The van der Waals surface area contributed by atoms with E-state index in [2.05, 4.69) is 4.90 Å². The molecule has 0 saturated heterocycles. The first-order valence-electron chi connectivity index (χ1n) is 6.56. The van der Waals surface area contributed by atoms with Crippen LogP contribution in [0.15, 0.2) is 18.2 Å². The average Bonchev–Trinajstić information content (AvgIpc) is 2.26. The van der Waals surface area contributed by atoms with Crippen LogP contribution in [-0.2, 0) is 0 Å². The topological polar surface area (TPSA) is 49.5 Å². The molecule has 0 radical (unpaired) electrons. The van der Waals surface area contributed by atoms with Crippen LogP contribution in [0.4, 0.5) is 5.69 Å². The van der Waals surface area contributed by atoms with Gasteiger partial charge in [-0.15, -0.1) is 0 Å². The van der Waals surface area contributed by atoms with Crippen molar-refractivity contribution in [2.45, 2.75) is 38.3 Å². The van der Waals surface area contributed by atoms with Gasteiger partial charge in [-0.25, -0.2) is 0 Å². The van der Waals surface area contributed by atoms with E-state index >= 15 is 0 Å². The second-order valence-corrected chi connectivity index (χ2v) is 5.41. The fourth-order valence-corrected chi connectivity index (χ4v) is 2.64. The van der Waals surface area contributed by atoms with Crippen LogP contribution in [0.3, 0.4) is 0 Å². The van der Waals surface area contributed by atoms with Gasteiger partial charge in [-0.2, -0.15) is 0 Å². The number of nitrogens with zero attached hydrogens (tertiary/aromatic N) is 1. The van der Waals surface area contributed by atoms with Crippen LogP contribution in [0.2, 0.25) is 5.02 Å². The van der Waals surface area contributed by atoms with Crippen molar-refractivity contribution in [3.63, 3.8) is 0 Å². The molecule has 1 aromatic carbocycles. The predicted molar refractivity (Wildman–Crippen MR) is 76.1 cm³/mol. The van der Waals surface area contributed by atoms with Gasteiger partial charge in [0.1, 0.15) is 0 Å². The number of nitrogens with two attached hydrogens (primary N) is 1. The Balaban J connectivity index is 2.23. The van der Waals surface area contributed by atoms with Gasteiger partial charge < -0.3 is 15.7 Å². The van der Waals surface area contributed by atoms with Gasteiger partial charge in [0, 0.05) is 18.6 Å². The summed E-state index contributed by atoms with van der Waals surface area (Å²) in [5, 5.41) is 9.92. The third-order valence-corrected chi connectivity index (χ3v) is 3.97. The molecule has 0 bridgehead atoms. The maximum atomic E-state index is 9.20. The smallest absolute Gasteiger partial charge is 0.0643 e. The minimum Gasteiger partial charge on any atom is -0.395 e.